The van der Waals surface area contributed by atoms with E-state index in [4.69, 9.17) is 9.47 Å². The van der Waals surface area contributed by atoms with E-state index in [1.165, 1.54) is 11.1 Å². The highest BCUT2D eigenvalue weighted by atomic mass is 16.5. The van der Waals surface area contributed by atoms with Crippen LogP contribution < -0.4 is 15.4 Å². The highest BCUT2D eigenvalue weighted by Crippen LogP contribution is 2.24. The summed E-state index contributed by atoms with van der Waals surface area (Å²) in [6.45, 7) is 4.85. The van der Waals surface area contributed by atoms with E-state index in [1.54, 1.807) is 7.05 Å². The minimum atomic E-state index is 0.128. The second kappa shape index (κ2) is 10.4. The van der Waals surface area contributed by atoms with Crippen LogP contribution >= 0.6 is 0 Å². The number of benzene rings is 1. The molecule has 1 aliphatic rings. The topological polar surface area (TPSA) is 75.9 Å². The van der Waals surface area contributed by atoms with Gasteiger partial charge < -0.3 is 25.0 Å². The van der Waals surface area contributed by atoms with Gasteiger partial charge in [0.05, 0.1) is 25.5 Å². The Morgan fingerprint density at radius 1 is 1.40 bits per heavy atom. The van der Waals surface area contributed by atoms with Crippen molar-refractivity contribution < 1.29 is 9.47 Å². The van der Waals surface area contributed by atoms with Crippen molar-refractivity contribution in [3.05, 3.63) is 47.3 Å². The third-order valence-electron chi connectivity index (χ3n) is 5.27. The first-order valence-electron chi connectivity index (χ1n) is 10.4. The molecule has 30 heavy (non-hydrogen) atoms. The number of guanidine groups is 1. The first-order valence-corrected chi connectivity index (χ1v) is 10.4. The fourth-order valence-corrected chi connectivity index (χ4v) is 3.51. The molecule has 0 bridgehead atoms. The summed E-state index contributed by atoms with van der Waals surface area (Å²) in [7, 11) is 7.85. The van der Waals surface area contributed by atoms with Crippen LogP contribution in [0.1, 0.15) is 29.2 Å². The Bertz CT molecular complexity index is 842. The smallest absolute Gasteiger partial charge is 0.191 e. The van der Waals surface area contributed by atoms with E-state index in [0.29, 0.717) is 13.2 Å². The Hall–Kier alpha value is -2.58. The largest absolute Gasteiger partial charge is 0.488 e. The molecule has 1 fully saturated rings. The molecular weight excluding hydrogens is 380 g/mol. The van der Waals surface area contributed by atoms with Crippen LogP contribution in [-0.4, -0.2) is 67.6 Å². The van der Waals surface area contributed by atoms with Crippen molar-refractivity contribution >= 4 is 5.96 Å². The predicted octanol–water partition coefficient (Wildman–Crippen LogP) is 1.86. The third-order valence-corrected chi connectivity index (χ3v) is 5.27. The van der Waals surface area contributed by atoms with Crippen molar-refractivity contribution in [3.8, 4) is 5.75 Å². The van der Waals surface area contributed by atoms with Gasteiger partial charge in [-0.2, -0.15) is 5.10 Å². The normalized spacial score (nSPS) is 17.9. The molecule has 8 nitrogen and oxygen atoms in total. The summed E-state index contributed by atoms with van der Waals surface area (Å²) >= 11 is 0. The molecule has 0 saturated carbocycles. The van der Waals surface area contributed by atoms with Crippen LogP contribution in [0, 0.1) is 6.92 Å². The van der Waals surface area contributed by atoms with Crippen LogP contribution in [0.25, 0.3) is 0 Å². The van der Waals surface area contributed by atoms with Gasteiger partial charge in [-0.15, -0.1) is 0 Å². The molecule has 2 unspecified atom stereocenters. The van der Waals surface area contributed by atoms with Gasteiger partial charge in [-0.25, -0.2) is 0 Å². The van der Waals surface area contributed by atoms with E-state index in [1.807, 2.05) is 24.1 Å². The van der Waals surface area contributed by atoms with E-state index in [2.05, 4.69) is 64.8 Å². The molecule has 164 valence electrons. The molecule has 0 spiro atoms. The fourth-order valence-electron chi connectivity index (χ4n) is 3.51. The van der Waals surface area contributed by atoms with Crippen LogP contribution in [0.2, 0.25) is 0 Å². The van der Waals surface area contributed by atoms with E-state index in [0.717, 1.165) is 36.8 Å². The number of aliphatic imine (C=N–C) groups is 1. The van der Waals surface area contributed by atoms with Gasteiger partial charge in [0.1, 0.15) is 11.9 Å². The first kappa shape index (κ1) is 22.1. The van der Waals surface area contributed by atoms with Gasteiger partial charge in [-0.1, -0.05) is 12.1 Å². The fraction of sp³-hybridized carbons (Fsp3) is 0.545. The summed E-state index contributed by atoms with van der Waals surface area (Å²) in [5, 5.41) is 11.1. The maximum atomic E-state index is 6.20. The maximum Gasteiger partial charge on any atom is 0.191 e. The van der Waals surface area contributed by atoms with E-state index in [-0.39, 0.29) is 12.1 Å². The zero-order valence-corrected chi connectivity index (χ0v) is 18.7. The SMILES string of the molecule is CN=C(NCc1ccc(C)cc1OC1CCOC1)NCC(c1cnn(C)c1)N(C)C. The molecule has 0 amide bonds. The highest BCUT2D eigenvalue weighted by molar-refractivity contribution is 5.79. The van der Waals surface area contributed by atoms with Crippen molar-refractivity contribution in [1.29, 1.82) is 0 Å². The number of aryl methyl sites for hydroxylation is 2. The second-order valence-electron chi connectivity index (χ2n) is 7.95. The zero-order valence-electron chi connectivity index (χ0n) is 18.7. The number of hydrogen-bond donors (Lipinski definition) is 2. The van der Waals surface area contributed by atoms with Gasteiger partial charge in [0.15, 0.2) is 5.96 Å². The Balaban J connectivity index is 1.60. The molecule has 2 aromatic rings. The Morgan fingerprint density at radius 2 is 2.23 bits per heavy atom. The van der Waals surface area contributed by atoms with Gasteiger partial charge in [-0.3, -0.25) is 9.67 Å². The second-order valence-corrected chi connectivity index (χ2v) is 7.95. The van der Waals surface area contributed by atoms with Crippen LogP contribution in [0.5, 0.6) is 5.75 Å². The molecule has 1 saturated heterocycles. The molecule has 1 aliphatic heterocycles. The lowest BCUT2D eigenvalue weighted by molar-refractivity contribution is 0.140. The van der Waals surface area contributed by atoms with Crippen LogP contribution in [0.3, 0.4) is 0 Å². The van der Waals surface area contributed by atoms with Crippen molar-refractivity contribution in [1.82, 2.24) is 25.3 Å². The van der Waals surface area contributed by atoms with Gasteiger partial charge in [0.2, 0.25) is 0 Å². The monoisotopic (exact) mass is 414 g/mol. The van der Waals surface area contributed by atoms with Crippen molar-refractivity contribution in [3.63, 3.8) is 0 Å². The summed E-state index contributed by atoms with van der Waals surface area (Å²) in [6, 6.07) is 6.50. The van der Waals surface area contributed by atoms with Gasteiger partial charge >= 0.3 is 0 Å². The third kappa shape index (κ3) is 5.96. The van der Waals surface area contributed by atoms with Gasteiger partial charge in [0, 0.05) is 50.9 Å². The number of hydrogen-bond acceptors (Lipinski definition) is 5. The lowest BCUT2D eigenvalue weighted by Gasteiger charge is -2.25. The summed E-state index contributed by atoms with van der Waals surface area (Å²) in [6.07, 6.45) is 5.02. The Morgan fingerprint density at radius 3 is 2.87 bits per heavy atom. The lowest BCUT2D eigenvalue weighted by atomic mass is 10.1. The summed E-state index contributed by atoms with van der Waals surface area (Å²) in [5.74, 6) is 1.66. The molecule has 3 rings (SSSR count). The minimum Gasteiger partial charge on any atom is -0.488 e. The van der Waals surface area contributed by atoms with E-state index < -0.39 is 0 Å². The zero-order chi connectivity index (χ0) is 21.5. The Labute approximate surface area is 179 Å². The summed E-state index contributed by atoms with van der Waals surface area (Å²) < 4.78 is 13.5. The number of ether oxygens (including phenoxy) is 2. The number of likely N-dealkylation sites (N-methyl/N-ethyl adjacent to an activating group) is 1. The molecule has 0 aliphatic carbocycles. The highest BCUT2D eigenvalue weighted by Gasteiger charge is 2.19. The maximum absolute atomic E-state index is 6.20. The molecule has 2 heterocycles. The molecule has 1 aromatic carbocycles. The lowest BCUT2D eigenvalue weighted by Crippen LogP contribution is -2.41. The standard InChI is InChI=1S/C22H34N6O2/c1-16-6-7-17(21(10-16)30-19-8-9-29-15-19)11-24-22(23-2)25-13-20(27(3)4)18-12-26-28(5)14-18/h6-7,10,12,14,19-20H,8-9,11,13,15H2,1-5H3,(H2,23,24,25). The Kier molecular flexibility index (Phi) is 7.70. The van der Waals surface area contributed by atoms with Gasteiger partial charge in [-0.05, 0) is 32.6 Å². The van der Waals surface area contributed by atoms with Crippen molar-refractivity contribution in [2.75, 3.05) is 40.9 Å². The molecule has 8 heteroatoms. The quantitative estimate of drug-likeness (QED) is 0.507. The minimum absolute atomic E-state index is 0.128. The van der Waals surface area contributed by atoms with Crippen molar-refractivity contribution in [2.45, 2.75) is 32.0 Å². The summed E-state index contributed by atoms with van der Waals surface area (Å²) in [5.41, 5.74) is 3.45. The molecule has 2 atom stereocenters. The van der Waals surface area contributed by atoms with E-state index in [9.17, 15) is 0 Å². The number of aromatic nitrogens is 2. The van der Waals surface area contributed by atoms with Crippen LogP contribution in [-0.2, 0) is 18.3 Å². The van der Waals surface area contributed by atoms with Crippen LogP contribution in [0.15, 0.2) is 35.6 Å². The average molecular weight is 415 g/mol. The average Bonchev–Trinajstić information content (AvgIpc) is 3.37. The molecule has 1 aromatic heterocycles. The van der Waals surface area contributed by atoms with E-state index >= 15 is 0 Å². The van der Waals surface area contributed by atoms with Crippen molar-refractivity contribution in [2.24, 2.45) is 12.0 Å². The summed E-state index contributed by atoms with van der Waals surface area (Å²) in [4.78, 5) is 6.55. The molecule has 0 radical (unpaired) electrons. The predicted molar refractivity (Wildman–Crippen MR) is 119 cm³/mol. The number of nitrogens with zero attached hydrogens (tertiary/aromatic N) is 4. The first-order chi connectivity index (χ1) is 14.5. The number of nitrogens with one attached hydrogen (secondary N) is 2. The molecular formula is C22H34N6O2. The van der Waals surface area contributed by atoms with Gasteiger partial charge in [0.25, 0.3) is 0 Å². The number of rotatable bonds is 8. The van der Waals surface area contributed by atoms with Crippen LogP contribution in [0.4, 0.5) is 0 Å². The molecule has 2 N–H and O–H groups in total.